The van der Waals surface area contributed by atoms with Gasteiger partial charge in [-0.05, 0) is 73.6 Å². The summed E-state index contributed by atoms with van der Waals surface area (Å²) in [5, 5.41) is 28.6. The highest BCUT2D eigenvalue weighted by Crippen LogP contribution is 2.56. The van der Waals surface area contributed by atoms with E-state index in [2.05, 4.69) is 0 Å². The van der Waals surface area contributed by atoms with Gasteiger partial charge in [-0.3, -0.25) is 9.59 Å². The smallest absolute Gasteiger partial charge is 0.309 e. The lowest BCUT2D eigenvalue weighted by atomic mass is 9.54. The molecular formula is C18H22O5. The average molecular weight is 318 g/mol. The van der Waals surface area contributed by atoms with Crippen LogP contribution in [0.1, 0.15) is 49.7 Å². The van der Waals surface area contributed by atoms with Crippen LogP contribution >= 0.6 is 0 Å². The molecule has 1 aromatic carbocycles. The first-order valence-electron chi connectivity index (χ1n) is 8.10. The second-order valence-electron chi connectivity index (χ2n) is 7.16. The molecule has 0 aliphatic heterocycles. The van der Waals surface area contributed by atoms with E-state index in [0.717, 1.165) is 30.4 Å². The van der Waals surface area contributed by atoms with Gasteiger partial charge < -0.3 is 15.3 Å². The molecule has 1 aromatic rings. The Balaban J connectivity index is 1.99. The normalized spacial score (nSPS) is 32.7. The molecule has 2 aliphatic carbocycles. The molecular weight excluding hydrogens is 296 g/mol. The first kappa shape index (κ1) is 15.8. The molecule has 0 spiro atoms. The van der Waals surface area contributed by atoms with Gasteiger partial charge in [-0.15, -0.1) is 0 Å². The number of carboxylic acids is 2. The molecule has 0 saturated heterocycles. The van der Waals surface area contributed by atoms with Crippen molar-refractivity contribution in [1.82, 2.24) is 0 Å². The van der Waals surface area contributed by atoms with Crippen molar-refractivity contribution in [3.63, 3.8) is 0 Å². The van der Waals surface area contributed by atoms with Crippen LogP contribution in [-0.4, -0.2) is 27.3 Å². The van der Waals surface area contributed by atoms with E-state index >= 15 is 0 Å². The number of carboxylic acid groups (broad SMARTS) is 2. The van der Waals surface area contributed by atoms with Crippen LogP contribution in [0.2, 0.25) is 0 Å². The van der Waals surface area contributed by atoms with E-state index in [0.29, 0.717) is 6.42 Å². The summed E-state index contributed by atoms with van der Waals surface area (Å²) < 4.78 is 0. The molecule has 4 atom stereocenters. The number of phenols is 1. The summed E-state index contributed by atoms with van der Waals surface area (Å²) in [6, 6.07) is 5.36. The number of hydrogen-bond donors (Lipinski definition) is 3. The molecule has 1 fully saturated rings. The predicted octanol–water partition coefficient (Wildman–Crippen LogP) is 3.01. The fraction of sp³-hybridized carbons (Fsp3) is 0.556. The van der Waals surface area contributed by atoms with Gasteiger partial charge >= 0.3 is 11.9 Å². The number of aromatic hydroxyl groups is 1. The number of aliphatic carboxylic acids is 2. The summed E-state index contributed by atoms with van der Waals surface area (Å²) in [4.78, 5) is 23.1. The molecule has 3 rings (SSSR count). The third-order valence-electron chi connectivity index (χ3n) is 5.98. The van der Waals surface area contributed by atoms with Gasteiger partial charge in [0.15, 0.2) is 0 Å². The molecule has 0 bridgehead atoms. The van der Waals surface area contributed by atoms with E-state index in [-0.39, 0.29) is 29.9 Å². The van der Waals surface area contributed by atoms with Crippen LogP contribution in [0, 0.1) is 17.3 Å². The zero-order chi connectivity index (χ0) is 16.8. The van der Waals surface area contributed by atoms with Gasteiger partial charge in [-0.25, -0.2) is 0 Å². The molecule has 3 N–H and O–H groups in total. The number of carbonyl (C=O) groups is 2. The second kappa shape index (κ2) is 5.55. The SMILES string of the molecule is C[C@]1(C(=O)O)CCC2c3ccc(O)cc3CCC2C1CC(=O)O. The number of hydrogen-bond acceptors (Lipinski definition) is 3. The third-order valence-corrected chi connectivity index (χ3v) is 5.98. The van der Waals surface area contributed by atoms with Crippen LogP contribution in [-0.2, 0) is 16.0 Å². The van der Waals surface area contributed by atoms with Crippen molar-refractivity contribution in [1.29, 1.82) is 0 Å². The third kappa shape index (κ3) is 2.58. The van der Waals surface area contributed by atoms with Crippen molar-refractivity contribution in [2.75, 3.05) is 0 Å². The molecule has 0 heterocycles. The Labute approximate surface area is 135 Å². The molecule has 1 saturated carbocycles. The van der Waals surface area contributed by atoms with Gasteiger partial charge in [0, 0.05) is 6.42 Å². The predicted molar refractivity (Wildman–Crippen MR) is 83.4 cm³/mol. The van der Waals surface area contributed by atoms with Crippen molar-refractivity contribution in [3.05, 3.63) is 29.3 Å². The molecule has 23 heavy (non-hydrogen) atoms. The maximum absolute atomic E-state index is 11.8. The zero-order valence-electron chi connectivity index (χ0n) is 13.2. The van der Waals surface area contributed by atoms with Crippen LogP contribution < -0.4 is 0 Å². The Morgan fingerprint density at radius 1 is 1.26 bits per heavy atom. The highest BCUT2D eigenvalue weighted by molar-refractivity contribution is 5.77. The number of aryl methyl sites for hydroxylation is 1. The Hall–Kier alpha value is -2.04. The molecule has 5 heteroatoms. The number of benzene rings is 1. The number of rotatable bonds is 3. The Bertz CT molecular complexity index is 653. The lowest BCUT2D eigenvalue weighted by Gasteiger charge is -2.49. The Morgan fingerprint density at radius 3 is 2.65 bits per heavy atom. The van der Waals surface area contributed by atoms with Gasteiger partial charge in [0.1, 0.15) is 5.75 Å². The first-order chi connectivity index (χ1) is 10.8. The van der Waals surface area contributed by atoms with E-state index in [9.17, 15) is 24.9 Å². The van der Waals surface area contributed by atoms with Crippen LogP contribution in [0.25, 0.3) is 0 Å². The summed E-state index contributed by atoms with van der Waals surface area (Å²) in [5.74, 6) is -1.68. The summed E-state index contributed by atoms with van der Waals surface area (Å²) in [6.45, 7) is 1.70. The van der Waals surface area contributed by atoms with Crippen molar-refractivity contribution >= 4 is 11.9 Å². The minimum absolute atomic E-state index is 0.0676. The second-order valence-corrected chi connectivity index (χ2v) is 7.16. The summed E-state index contributed by atoms with van der Waals surface area (Å²) >= 11 is 0. The molecule has 0 aromatic heterocycles. The quantitative estimate of drug-likeness (QED) is 0.796. The van der Waals surface area contributed by atoms with Gasteiger partial charge in [-0.1, -0.05) is 6.07 Å². The lowest BCUT2D eigenvalue weighted by molar-refractivity contribution is -0.159. The average Bonchev–Trinajstić information content (AvgIpc) is 2.48. The van der Waals surface area contributed by atoms with Crippen molar-refractivity contribution in [3.8, 4) is 5.75 Å². The topological polar surface area (TPSA) is 94.8 Å². The van der Waals surface area contributed by atoms with Crippen molar-refractivity contribution in [2.45, 2.75) is 44.9 Å². The van der Waals surface area contributed by atoms with E-state index in [1.807, 2.05) is 6.07 Å². The minimum atomic E-state index is -0.978. The maximum atomic E-state index is 11.8. The summed E-state index contributed by atoms with van der Waals surface area (Å²) in [6.07, 6.45) is 2.68. The number of fused-ring (bicyclic) bond motifs is 3. The van der Waals surface area contributed by atoms with Gasteiger partial charge in [0.05, 0.1) is 5.41 Å². The van der Waals surface area contributed by atoms with Crippen LogP contribution in [0.3, 0.4) is 0 Å². The van der Waals surface area contributed by atoms with E-state index < -0.39 is 17.4 Å². The molecule has 0 amide bonds. The molecule has 0 radical (unpaired) electrons. The van der Waals surface area contributed by atoms with Crippen molar-refractivity contribution in [2.24, 2.45) is 17.3 Å². The summed E-state index contributed by atoms with van der Waals surface area (Å²) in [5.41, 5.74) is 1.29. The fourth-order valence-electron chi connectivity index (χ4n) is 4.72. The van der Waals surface area contributed by atoms with Crippen LogP contribution in [0.15, 0.2) is 18.2 Å². The monoisotopic (exact) mass is 318 g/mol. The highest BCUT2D eigenvalue weighted by Gasteiger charge is 2.52. The molecule has 3 unspecified atom stereocenters. The first-order valence-corrected chi connectivity index (χ1v) is 8.10. The highest BCUT2D eigenvalue weighted by atomic mass is 16.4. The minimum Gasteiger partial charge on any atom is -0.508 e. The fourth-order valence-corrected chi connectivity index (χ4v) is 4.72. The molecule has 124 valence electrons. The summed E-state index contributed by atoms with van der Waals surface area (Å²) in [7, 11) is 0. The zero-order valence-corrected chi connectivity index (χ0v) is 13.2. The van der Waals surface area contributed by atoms with E-state index in [1.54, 1.807) is 19.1 Å². The molecule has 2 aliphatic rings. The molecule has 5 nitrogen and oxygen atoms in total. The Morgan fingerprint density at radius 2 is 2.00 bits per heavy atom. The van der Waals surface area contributed by atoms with Gasteiger partial charge in [0.2, 0.25) is 0 Å². The standard InChI is InChI=1S/C18H22O5/c1-18(17(22)23)7-6-13-12-5-3-11(19)8-10(12)2-4-14(13)15(18)9-16(20)21/h3,5,8,13-15,19H,2,4,6-7,9H2,1H3,(H,20,21)(H,22,23)/t13?,14?,15?,18-/m0/s1. The largest absolute Gasteiger partial charge is 0.508 e. The Kier molecular flexibility index (Phi) is 3.82. The van der Waals surface area contributed by atoms with Crippen LogP contribution in [0.4, 0.5) is 0 Å². The number of phenolic OH excluding ortho intramolecular Hbond substituents is 1. The van der Waals surface area contributed by atoms with Crippen LogP contribution in [0.5, 0.6) is 5.75 Å². The van der Waals surface area contributed by atoms with Gasteiger partial charge in [0.25, 0.3) is 0 Å². The van der Waals surface area contributed by atoms with E-state index in [4.69, 9.17) is 0 Å². The lowest BCUT2D eigenvalue weighted by Crippen LogP contribution is -2.47. The van der Waals surface area contributed by atoms with Gasteiger partial charge in [-0.2, -0.15) is 0 Å². The van der Waals surface area contributed by atoms with E-state index in [1.165, 1.54) is 0 Å². The van der Waals surface area contributed by atoms with Crippen molar-refractivity contribution < 1.29 is 24.9 Å². The maximum Gasteiger partial charge on any atom is 0.309 e.